The number of carbonyl (C=O) groups excluding carboxylic acids is 2. The highest BCUT2D eigenvalue weighted by Gasteiger charge is 2.21. The second kappa shape index (κ2) is 16.4. The molecule has 6 nitrogen and oxygen atoms in total. The molecule has 2 rings (SSSR count). The molecule has 0 radical (unpaired) electrons. The highest BCUT2D eigenvalue weighted by Crippen LogP contribution is 2.15. The fourth-order valence-corrected chi connectivity index (χ4v) is 4.53. The van der Waals surface area contributed by atoms with Crippen LogP contribution in [0.5, 0.6) is 5.75 Å². The van der Waals surface area contributed by atoms with E-state index in [9.17, 15) is 9.59 Å². The van der Waals surface area contributed by atoms with E-state index in [0.29, 0.717) is 37.0 Å². The lowest BCUT2D eigenvalue weighted by Crippen LogP contribution is -2.48. The van der Waals surface area contributed by atoms with Gasteiger partial charge in [0.2, 0.25) is 5.91 Å². The Labute approximate surface area is 208 Å². The largest absolute Gasteiger partial charge is 0.493 e. The quantitative estimate of drug-likeness (QED) is 0.299. The topological polar surface area (TPSA) is 80.6 Å². The Kier molecular flexibility index (Phi) is 13.5. The summed E-state index contributed by atoms with van der Waals surface area (Å²) in [6, 6.07) is 13.1. The van der Waals surface area contributed by atoms with Gasteiger partial charge in [-0.15, -0.1) is 11.8 Å². The van der Waals surface area contributed by atoms with Crippen LogP contribution in [0.15, 0.2) is 53.1 Å². The summed E-state index contributed by atoms with van der Waals surface area (Å²) in [6.07, 6.45) is 5.64. The van der Waals surface area contributed by atoms with Crippen LogP contribution in [-0.2, 0) is 15.3 Å². The predicted octanol–water partition coefficient (Wildman–Crippen LogP) is 5.23. The summed E-state index contributed by atoms with van der Waals surface area (Å²) in [5.41, 5.74) is 0. The number of unbranched alkanes of at least 4 members (excludes halogenated alkanes) is 1. The van der Waals surface area contributed by atoms with Crippen molar-refractivity contribution in [1.29, 1.82) is 0 Å². The van der Waals surface area contributed by atoms with E-state index in [0.717, 1.165) is 37.2 Å². The van der Waals surface area contributed by atoms with Gasteiger partial charge in [-0.3, -0.25) is 9.59 Å². The first-order valence-corrected chi connectivity index (χ1v) is 13.5. The van der Waals surface area contributed by atoms with Gasteiger partial charge in [-0.2, -0.15) is 0 Å². The molecule has 0 aliphatic rings. The average Bonchev–Trinajstić information content (AvgIpc) is 3.33. The molecular weight excluding hydrogens is 448 g/mol. The van der Waals surface area contributed by atoms with E-state index in [2.05, 4.69) is 31.4 Å². The zero-order valence-electron chi connectivity index (χ0n) is 20.8. The first-order chi connectivity index (χ1) is 16.5. The Morgan fingerprint density at radius 2 is 1.91 bits per heavy atom. The molecular formula is C27H40N2O4S. The Hall–Kier alpha value is -2.25. The standard InChI is InChI=1S/C27H40N2O4S/c1-4-5-13-25(26(30)20-34-19-24-12-9-15-32-24)28-18-22(17-21(2)3)29-27(31)14-16-33-23-10-7-6-8-11-23/h6-12,15,21-22,25,28H,4-5,13-14,16-20H2,1-3H3,(H,29,31). The number of benzene rings is 1. The van der Waals surface area contributed by atoms with Crippen molar-refractivity contribution in [3.8, 4) is 5.75 Å². The molecule has 0 saturated heterocycles. The Bertz CT molecular complexity index is 811. The smallest absolute Gasteiger partial charge is 0.223 e. The minimum Gasteiger partial charge on any atom is -0.493 e. The van der Waals surface area contributed by atoms with Gasteiger partial charge in [-0.25, -0.2) is 0 Å². The number of amides is 1. The summed E-state index contributed by atoms with van der Waals surface area (Å²) in [5.74, 6) is 3.38. The van der Waals surface area contributed by atoms with Crippen LogP contribution < -0.4 is 15.4 Å². The molecule has 188 valence electrons. The summed E-state index contributed by atoms with van der Waals surface area (Å²) in [5, 5.41) is 6.59. The van der Waals surface area contributed by atoms with Gasteiger partial charge >= 0.3 is 0 Å². The van der Waals surface area contributed by atoms with Gasteiger partial charge in [-0.05, 0) is 43.0 Å². The molecule has 0 fully saturated rings. The minimum atomic E-state index is -0.197. The third-order valence-electron chi connectivity index (χ3n) is 5.38. The normalized spacial score (nSPS) is 12.9. The number of ketones is 1. The highest BCUT2D eigenvalue weighted by atomic mass is 32.2. The Morgan fingerprint density at radius 1 is 1.12 bits per heavy atom. The molecule has 1 heterocycles. The van der Waals surface area contributed by atoms with Gasteiger partial charge in [-0.1, -0.05) is 51.8 Å². The molecule has 1 aromatic carbocycles. The van der Waals surface area contributed by atoms with E-state index in [1.165, 1.54) is 0 Å². The summed E-state index contributed by atoms with van der Waals surface area (Å²) < 4.78 is 11.0. The van der Waals surface area contributed by atoms with E-state index < -0.39 is 0 Å². The van der Waals surface area contributed by atoms with Crippen LogP contribution in [-0.4, -0.2) is 42.7 Å². The van der Waals surface area contributed by atoms with Crippen molar-refractivity contribution in [2.45, 2.75) is 70.7 Å². The fraction of sp³-hybridized carbons (Fsp3) is 0.556. The number of hydrogen-bond acceptors (Lipinski definition) is 6. The van der Waals surface area contributed by atoms with E-state index in [4.69, 9.17) is 9.15 Å². The van der Waals surface area contributed by atoms with Gasteiger partial charge in [0.05, 0.1) is 36.8 Å². The zero-order chi connectivity index (χ0) is 24.6. The number of ether oxygens (including phenoxy) is 1. The molecule has 2 aromatic rings. The van der Waals surface area contributed by atoms with Gasteiger partial charge in [0.25, 0.3) is 0 Å². The van der Waals surface area contributed by atoms with Gasteiger partial charge in [0.1, 0.15) is 11.5 Å². The number of thioether (sulfide) groups is 1. The lowest BCUT2D eigenvalue weighted by atomic mass is 10.0. The van der Waals surface area contributed by atoms with E-state index in [1.807, 2.05) is 42.5 Å². The van der Waals surface area contributed by atoms with Crippen LogP contribution in [0.3, 0.4) is 0 Å². The summed E-state index contributed by atoms with van der Waals surface area (Å²) >= 11 is 1.58. The molecule has 34 heavy (non-hydrogen) atoms. The number of furan rings is 1. The fourth-order valence-electron chi connectivity index (χ4n) is 3.66. The first kappa shape index (κ1) is 28.0. The number of para-hydroxylation sites is 1. The van der Waals surface area contributed by atoms with E-state index >= 15 is 0 Å². The third-order valence-corrected chi connectivity index (χ3v) is 6.35. The predicted molar refractivity (Wildman–Crippen MR) is 139 cm³/mol. The lowest BCUT2D eigenvalue weighted by molar-refractivity contribution is -0.122. The second-order valence-corrected chi connectivity index (χ2v) is 9.93. The summed E-state index contributed by atoms with van der Waals surface area (Å²) in [7, 11) is 0. The second-order valence-electron chi connectivity index (χ2n) is 8.95. The molecule has 0 aliphatic heterocycles. The molecule has 1 aromatic heterocycles. The number of nitrogens with one attached hydrogen (secondary N) is 2. The van der Waals surface area contributed by atoms with Crippen molar-refractivity contribution >= 4 is 23.5 Å². The Balaban J connectivity index is 1.81. The molecule has 0 aliphatic carbocycles. The first-order valence-electron chi connectivity index (χ1n) is 12.3. The maximum atomic E-state index is 12.9. The van der Waals surface area contributed by atoms with Crippen molar-refractivity contribution in [2.24, 2.45) is 5.92 Å². The van der Waals surface area contributed by atoms with Gasteiger partial charge in [0, 0.05) is 12.6 Å². The highest BCUT2D eigenvalue weighted by molar-refractivity contribution is 7.99. The third kappa shape index (κ3) is 11.7. The SMILES string of the molecule is CCCCC(NCC(CC(C)C)NC(=O)CCOc1ccccc1)C(=O)CSCc1ccco1. The van der Waals surface area contributed by atoms with Crippen LogP contribution in [0.2, 0.25) is 0 Å². The molecule has 2 atom stereocenters. The Morgan fingerprint density at radius 3 is 2.59 bits per heavy atom. The van der Waals surface area contributed by atoms with Crippen molar-refractivity contribution in [3.05, 3.63) is 54.5 Å². The molecule has 0 saturated carbocycles. The number of Topliss-reactive ketones (excluding diaryl/α,β-unsaturated/α-hetero) is 1. The lowest BCUT2D eigenvalue weighted by Gasteiger charge is -2.25. The molecule has 1 amide bonds. The van der Waals surface area contributed by atoms with Crippen LogP contribution in [0, 0.1) is 5.92 Å². The van der Waals surface area contributed by atoms with E-state index in [1.54, 1.807) is 18.0 Å². The average molecular weight is 489 g/mol. The van der Waals surface area contributed by atoms with Crippen LogP contribution >= 0.6 is 11.8 Å². The van der Waals surface area contributed by atoms with Gasteiger partial charge in [0.15, 0.2) is 5.78 Å². The van der Waals surface area contributed by atoms with Crippen LogP contribution in [0.4, 0.5) is 0 Å². The monoisotopic (exact) mass is 488 g/mol. The molecule has 0 spiro atoms. The maximum Gasteiger partial charge on any atom is 0.223 e. The van der Waals surface area contributed by atoms with Crippen molar-refractivity contribution in [3.63, 3.8) is 0 Å². The van der Waals surface area contributed by atoms with Crippen molar-refractivity contribution in [1.82, 2.24) is 10.6 Å². The minimum absolute atomic E-state index is 0.0306. The molecule has 7 heteroatoms. The number of hydrogen-bond donors (Lipinski definition) is 2. The van der Waals surface area contributed by atoms with Crippen molar-refractivity contribution in [2.75, 3.05) is 18.9 Å². The van der Waals surface area contributed by atoms with Crippen molar-refractivity contribution < 1.29 is 18.7 Å². The molecule has 0 bridgehead atoms. The number of rotatable bonds is 18. The summed E-state index contributed by atoms with van der Waals surface area (Å²) in [6.45, 7) is 7.33. The number of carbonyl (C=O) groups is 2. The summed E-state index contributed by atoms with van der Waals surface area (Å²) in [4.78, 5) is 25.4. The molecule has 2 N–H and O–H groups in total. The van der Waals surface area contributed by atoms with Crippen LogP contribution in [0.1, 0.15) is 58.6 Å². The zero-order valence-corrected chi connectivity index (χ0v) is 21.6. The van der Waals surface area contributed by atoms with Gasteiger partial charge < -0.3 is 19.8 Å². The van der Waals surface area contributed by atoms with Crippen LogP contribution in [0.25, 0.3) is 0 Å². The molecule has 2 unspecified atom stereocenters. The van der Waals surface area contributed by atoms with E-state index in [-0.39, 0.29) is 23.8 Å². The maximum absolute atomic E-state index is 12.9.